The number of H-pyrrole nitrogens is 1. The number of carbonyl (C=O) groups is 1. The van der Waals surface area contributed by atoms with Crippen molar-refractivity contribution in [2.24, 2.45) is 5.10 Å². The Balaban J connectivity index is 1.54. The predicted octanol–water partition coefficient (Wildman–Crippen LogP) is 5.51. The lowest BCUT2D eigenvalue weighted by molar-refractivity contribution is -0.121. The number of para-hydroxylation sites is 1. The second-order valence-corrected chi connectivity index (χ2v) is 8.99. The van der Waals surface area contributed by atoms with Crippen LogP contribution in [0.2, 0.25) is 0 Å². The van der Waals surface area contributed by atoms with Crippen LogP contribution in [0.15, 0.2) is 125 Å². The standard InChI is InChI=1S/C32H28N4O3/c1-22(33-34-31(37)29(23-12-6-3-7-13-23)24-14-8-4-9-15-24)28-30(25-18-20-27(39-2)21-19-25)35-36(32(28)38)26-16-10-5-11-17-26/h3-21,29,35H,1-2H3,(H,34,37)/b33-22+. The SMILES string of the molecule is COc1ccc(-c2[nH]n(-c3ccccc3)c(=O)c2/C(C)=N/NC(=O)C(c2ccccc2)c2ccccc2)cc1. The van der Waals surface area contributed by atoms with Crippen molar-refractivity contribution in [1.82, 2.24) is 15.2 Å². The minimum absolute atomic E-state index is 0.273. The largest absolute Gasteiger partial charge is 0.497 e. The van der Waals surface area contributed by atoms with Crippen LogP contribution in [0.4, 0.5) is 0 Å². The highest BCUT2D eigenvalue weighted by Crippen LogP contribution is 2.26. The first-order valence-corrected chi connectivity index (χ1v) is 12.6. The first-order valence-electron chi connectivity index (χ1n) is 12.6. The molecule has 1 heterocycles. The third-order valence-corrected chi connectivity index (χ3v) is 6.51. The van der Waals surface area contributed by atoms with Gasteiger partial charge in [-0.25, -0.2) is 10.1 Å². The van der Waals surface area contributed by atoms with Crippen LogP contribution in [0.25, 0.3) is 16.9 Å². The summed E-state index contributed by atoms with van der Waals surface area (Å²) in [6.07, 6.45) is 0. The molecule has 0 aliphatic heterocycles. The molecule has 0 bridgehead atoms. The summed E-state index contributed by atoms with van der Waals surface area (Å²) >= 11 is 0. The summed E-state index contributed by atoms with van der Waals surface area (Å²) in [5.41, 5.74) is 6.94. The van der Waals surface area contributed by atoms with E-state index in [9.17, 15) is 9.59 Å². The number of hydrogen-bond acceptors (Lipinski definition) is 4. The fraction of sp³-hybridized carbons (Fsp3) is 0.0938. The number of amides is 1. The molecule has 1 aromatic heterocycles. The molecular weight excluding hydrogens is 488 g/mol. The summed E-state index contributed by atoms with van der Waals surface area (Å²) in [5, 5.41) is 7.65. The zero-order chi connectivity index (χ0) is 27.2. The number of aromatic nitrogens is 2. The maximum atomic E-state index is 13.7. The number of hydrogen-bond donors (Lipinski definition) is 2. The van der Waals surface area contributed by atoms with Crippen molar-refractivity contribution in [3.05, 3.63) is 142 Å². The van der Waals surface area contributed by atoms with E-state index in [0.29, 0.717) is 28.4 Å². The molecule has 0 saturated heterocycles. The van der Waals surface area contributed by atoms with Crippen LogP contribution in [0.1, 0.15) is 29.5 Å². The number of aromatic amines is 1. The van der Waals surface area contributed by atoms with Crippen LogP contribution >= 0.6 is 0 Å². The number of rotatable bonds is 8. The Kier molecular flexibility index (Phi) is 7.50. The monoisotopic (exact) mass is 516 g/mol. The van der Waals surface area contributed by atoms with E-state index in [4.69, 9.17) is 4.74 Å². The molecule has 0 fully saturated rings. The number of hydrazone groups is 1. The molecule has 7 nitrogen and oxygen atoms in total. The molecule has 2 N–H and O–H groups in total. The van der Waals surface area contributed by atoms with Crippen LogP contribution in [-0.4, -0.2) is 28.5 Å². The van der Waals surface area contributed by atoms with E-state index in [1.54, 1.807) is 14.0 Å². The summed E-state index contributed by atoms with van der Waals surface area (Å²) in [6, 6.07) is 35.8. The van der Waals surface area contributed by atoms with E-state index in [0.717, 1.165) is 16.7 Å². The Morgan fingerprint density at radius 3 is 1.90 bits per heavy atom. The number of nitrogens with zero attached hydrogens (tertiary/aromatic N) is 2. The van der Waals surface area contributed by atoms with E-state index in [2.05, 4.69) is 15.6 Å². The average molecular weight is 517 g/mol. The fourth-order valence-electron chi connectivity index (χ4n) is 4.54. The first-order chi connectivity index (χ1) is 19.1. The quantitative estimate of drug-likeness (QED) is 0.210. The number of nitrogens with one attached hydrogen (secondary N) is 2. The van der Waals surface area contributed by atoms with Gasteiger partial charge in [-0.2, -0.15) is 5.10 Å². The van der Waals surface area contributed by atoms with Gasteiger partial charge in [-0.15, -0.1) is 0 Å². The Labute approximate surface area is 226 Å². The van der Waals surface area contributed by atoms with E-state index in [-0.39, 0.29) is 11.5 Å². The van der Waals surface area contributed by atoms with Crippen LogP contribution in [-0.2, 0) is 4.79 Å². The highest BCUT2D eigenvalue weighted by atomic mass is 16.5. The predicted molar refractivity (Wildman–Crippen MR) is 153 cm³/mol. The Bertz CT molecular complexity index is 1600. The molecule has 0 aliphatic rings. The van der Waals surface area contributed by atoms with Crippen LogP contribution < -0.4 is 15.7 Å². The number of ether oxygens (including phenoxy) is 1. The zero-order valence-corrected chi connectivity index (χ0v) is 21.7. The van der Waals surface area contributed by atoms with Gasteiger partial charge in [0.1, 0.15) is 5.75 Å². The van der Waals surface area contributed by atoms with Crippen LogP contribution in [0.3, 0.4) is 0 Å². The van der Waals surface area contributed by atoms with Gasteiger partial charge in [0.2, 0.25) is 0 Å². The van der Waals surface area contributed by atoms with Gasteiger partial charge in [-0.05, 0) is 54.4 Å². The lowest BCUT2D eigenvalue weighted by atomic mass is 9.91. The third-order valence-electron chi connectivity index (χ3n) is 6.51. The maximum Gasteiger partial charge on any atom is 0.281 e. The van der Waals surface area contributed by atoms with Crippen molar-refractivity contribution in [3.8, 4) is 22.7 Å². The number of carbonyl (C=O) groups excluding carboxylic acids is 1. The molecule has 0 spiro atoms. The van der Waals surface area contributed by atoms with Gasteiger partial charge in [0, 0.05) is 5.56 Å². The van der Waals surface area contributed by atoms with Gasteiger partial charge in [-0.3, -0.25) is 14.7 Å². The summed E-state index contributed by atoms with van der Waals surface area (Å²) < 4.78 is 6.77. The molecule has 0 saturated carbocycles. The van der Waals surface area contributed by atoms with E-state index >= 15 is 0 Å². The van der Waals surface area contributed by atoms with Crippen molar-refractivity contribution in [2.45, 2.75) is 12.8 Å². The molecular formula is C32H28N4O3. The van der Waals surface area contributed by atoms with Crippen molar-refractivity contribution < 1.29 is 9.53 Å². The first kappa shape index (κ1) is 25.5. The molecule has 0 aliphatic carbocycles. The average Bonchev–Trinajstić information content (AvgIpc) is 3.34. The van der Waals surface area contributed by atoms with Crippen LogP contribution in [0, 0.1) is 0 Å². The summed E-state index contributed by atoms with van der Waals surface area (Å²) in [6.45, 7) is 1.72. The van der Waals surface area contributed by atoms with Gasteiger partial charge in [-0.1, -0.05) is 78.9 Å². The zero-order valence-electron chi connectivity index (χ0n) is 21.7. The number of benzene rings is 4. The number of methoxy groups -OCH3 is 1. The molecule has 194 valence electrons. The second-order valence-electron chi connectivity index (χ2n) is 8.99. The Morgan fingerprint density at radius 2 is 1.36 bits per heavy atom. The van der Waals surface area contributed by atoms with Gasteiger partial charge < -0.3 is 4.74 Å². The molecule has 0 unspecified atom stereocenters. The molecule has 1 amide bonds. The lowest BCUT2D eigenvalue weighted by Gasteiger charge is -2.16. The fourth-order valence-corrected chi connectivity index (χ4v) is 4.54. The summed E-state index contributed by atoms with van der Waals surface area (Å²) in [5.74, 6) is -0.149. The molecule has 39 heavy (non-hydrogen) atoms. The van der Waals surface area contributed by atoms with Crippen molar-refractivity contribution >= 4 is 11.6 Å². The van der Waals surface area contributed by atoms with E-state index in [1.807, 2.05) is 115 Å². The highest BCUT2D eigenvalue weighted by Gasteiger charge is 2.24. The second kappa shape index (κ2) is 11.5. The van der Waals surface area contributed by atoms with Gasteiger partial charge in [0.25, 0.3) is 11.5 Å². The van der Waals surface area contributed by atoms with Gasteiger partial charge in [0.15, 0.2) is 0 Å². The van der Waals surface area contributed by atoms with Crippen molar-refractivity contribution in [3.63, 3.8) is 0 Å². The van der Waals surface area contributed by atoms with E-state index < -0.39 is 5.92 Å². The molecule has 7 heteroatoms. The summed E-state index contributed by atoms with van der Waals surface area (Å²) in [4.78, 5) is 27.2. The third kappa shape index (κ3) is 5.43. The van der Waals surface area contributed by atoms with E-state index in [1.165, 1.54) is 4.68 Å². The summed E-state index contributed by atoms with van der Waals surface area (Å²) in [7, 11) is 1.60. The molecule has 5 aromatic rings. The minimum atomic E-state index is -0.558. The Morgan fingerprint density at radius 1 is 0.821 bits per heavy atom. The minimum Gasteiger partial charge on any atom is -0.497 e. The van der Waals surface area contributed by atoms with Gasteiger partial charge >= 0.3 is 0 Å². The maximum absolute atomic E-state index is 13.7. The van der Waals surface area contributed by atoms with Crippen molar-refractivity contribution in [1.29, 1.82) is 0 Å². The molecule has 0 radical (unpaired) electrons. The van der Waals surface area contributed by atoms with Gasteiger partial charge in [0.05, 0.1) is 35.7 Å². The van der Waals surface area contributed by atoms with Crippen molar-refractivity contribution in [2.75, 3.05) is 7.11 Å². The molecule has 0 atom stereocenters. The normalized spacial score (nSPS) is 11.4. The molecule has 4 aromatic carbocycles. The lowest BCUT2D eigenvalue weighted by Crippen LogP contribution is -2.28. The highest BCUT2D eigenvalue weighted by molar-refractivity contribution is 6.04. The molecule has 5 rings (SSSR count). The smallest absolute Gasteiger partial charge is 0.281 e. The topological polar surface area (TPSA) is 88.5 Å². The Hall–Kier alpha value is -5.17. The van der Waals surface area contributed by atoms with Crippen LogP contribution in [0.5, 0.6) is 5.75 Å².